The second kappa shape index (κ2) is 13.7. The first kappa shape index (κ1) is 27.4. The average Bonchev–Trinajstić information content (AvgIpc) is 3.36. The molecule has 0 aromatic heterocycles. The lowest BCUT2D eigenvalue weighted by Gasteiger charge is -2.35. The Morgan fingerprint density at radius 3 is 2.28 bits per heavy atom. The largest absolute Gasteiger partial charge is 0.445 e. The van der Waals surface area contributed by atoms with Gasteiger partial charge in [0.15, 0.2) is 0 Å². The molecule has 3 atom stereocenters. The number of nitrogens with zero attached hydrogens (tertiary/aromatic N) is 1. The van der Waals surface area contributed by atoms with E-state index in [1.165, 1.54) is 36.8 Å². The van der Waals surface area contributed by atoms with Gasteiger partial charge in [0.25, 0.3) is 0 Å². The molecule has 1 aliphatic carbocycles. The number of likely N-dealkylation sites (tertiary alicyclic amines) is 1. The SMILES string of the molecule is O=C(NC1CC(CN2CCC(CCCc3ccc(F)cc3)CC2)C(c2ccccc2)C1)OCc1ccccc1. The van der Waals surface area contributed by atoms with Crippen LogP contribution in [0.25, 0.3) is 0 Å². The number of halogens is 1. The highest BCUT2D eigenvalue weighted by molar-refractivity contribution is 5.67. The molecule has 1 aliphatic heterocycles. The van der Waals surface area contributed by atoms with E-state index in [1.807, 2.05) is 42.5 Å². The predicted octanol–water partition coefficient (Wildman–Crippen LogP) is 7.35. The number of piperidine rings is 1. The van der Waals surface area contributed by atoms with Crippen LogP contribution in [0.4, 0.5) is 9.18 Å². The maximum absolute atomic E-state index is 13.1. The van der Waals surface area contributed by atoms with Crippen molar-refractivity contribution in [1.29, 1.82) is 0 Å². The lowest BCUT2D eigenvalue weighted by molar-refractivity contribution is 0.134. The average molecular weight is 529 g/mol. The summed E-state index contributed by atoms with van der Waals surface area (Å²) in [6.07, 6.45) is 7.56. The van der Waals surface area contributed by atoms with Crippen LogP contribution < -0.4 is 5.32 Å². The Morgan fingerprint density at radius 1 is 0.872 bits per heavy atom. The van der Waals surface area contributed by atoms with Crippen molar-refractivity contribution in [1.82, 2.24) is 10.2 Å². The number of amides is 1. The quantitative estimate of drug-likeness (QED) is 0.299. The molecule has 0 spiro atoms. The number of aryl methyl sites for hydroxylation is 1. The molecular weight excluding hydrogens is 487 g/mol. The number of nitrogens with one attached hydrogen (secondary N) is 1. The van der Waals surface area contributed by atoms with E-state index < -0.39 is 0 Å². The summed E-state index contributed by atoms with van der Waals surface area (Å²) in [7, 11) is 0. The fourth-order valence-electron chi connectivity index (χ4n) is 6.52. The van der Waals surface area contributed by atoms with Gasteiger partial charge in [-0.05, 0) is 98.2 Å². The van der Waals surface area contributed by atoms with Gasteiger partial charge in [-0.2, -0.15) is 0 Å². The zero-order chi connectivity index (χ0) is 26.9. The molecule has 1 saturated carbocycles. The minimum absolute atomic E-state index is 0.132. The van der Waals surface area contributed by atoms with Gasteiger partial charge in [0, 0.05) is 12.6 Å². The first-order chi connectivity index (χ1) is 19.1. The number of alkyl carbamates (subject to hydrolysis) is 1. The number of carbonyl (C=O) groups excluding carboxylic acids is 1. The molecule has 1 amide bonds. The second-order valence-electron chi connectivity index (χ2n) is 11.4. The van der Waals surface area contributed by atoms with Crippen molar-refractivity contribution < 1.29 is 13.9 Å². The zero-order valence-corrected chi connectivity index (χ0v) is 22.8. The molecule has 5 heteroatoms. The molecule has 1 N–H and O–H groups in total. The van der Waals surface area contributed by atoms with Gasteiger partial charge in [0.05, 0.1) is 0 Å². The third-order valence-electron chi connectivity index (χ3n) is 8.65. The van der Waals surface area contributed by atoms with Crippen LogP contribution in [0.15, 0.2) is 84.9 Å². The minimum atomic E-state index is -0.322. The van der Waals surface area contributed by atoms with Crippen molar-refractivity contribution in [2.45, 2.75) is 63.5 Å². The Kier molecular flexibility index (Phi) is 9.66. The van der Waals surface area contributed by atoms with E-state index in [2.05, 4.69) is 40.5 Å². The number of ether oxygens (including phenoxy) is 1. The van der Waals surface area contributed by atoms with Crippen molar-refractivity contribution in [3.63, 3.8) is 0 Å². The minimum Gasteiger partial charge on any atom is -0.445 e. The van der Waals surface area contributed by atoms with Crippen molar-refractivity contribution in [3.8, 4) is 0 Å². The molecule has 0 radical (unpaired) electrons. The predicted molar refractivity (Wildman–Crippen MR) is 154 cm³/mol. The highest BCUT2D eigenvalue weighted by atomic mass is 19.1. The van der Waals surface area contributed by atoms with Gasteiger partial charge in [0.1, 0.15) is 12.4 Å². The van der Waals surface area contributed by atoms with Crippen LogP contribution >= 0.6 is 0 Å². The van der Waals surface area contributed by atoms with Crippen LogP contribution in [0.2, 0.25) is 0 Å². The summed E-state index contributed by atoms with van der Waals surface area (Å²) in [4.78, 5) is 15.2. The maximum Gasteiger partial charge on any atom is 0.407 e. The smallest absolute Gasteiger partial charge is 0.407 e. The lowest BCUT2D eigenvalue weighted by Crippen LogP contribution is -2.38. The van der Waals surface area contributed by atoms with Crippen LogP contribution in [-0.4, -0.2) is 36.7 Å². The Hall–Kier alpha value is -3.18. The fourth-order valence-corrected chi connectivity index (χ4v) is 6.52. The summed E-state index contributed by atoms with van der Waals surface area (Å²) in [6, 6.07) is 27.7. The maximum atomic E-state index is 13.1. The standard InChI is InChI=1S/C34H41FN2O2/c35-31-16-14-26(15-17-31)10-7-11-27-18-20-37(21-19-27)24-30-22-32(23-33(30)29-12-5-2-6-13-29)36-34(38)39-25-28-8-3-1-4-9-28/h1-6,8-9,12-17,27,30,32-33H,7,10-11,18-25H2,(H,36,38). The van der Waals surface area contributed by atoms with Crippen molar-refractivity contribution in [3.05, 3.63) is 107 Å². The van der Waals surface area contributed by atoms with Crippen LogP contribution in [0, 0.1) is 17.7 Å². The molecule has 1 heterocycles. The van der Waals surface area contributed by atoms with E-state index >= 15 is 0 Å². The molecule has 2 fully saturated rings. The van der Waals surface area contributed by atoms with Crippen LogP contribution in [-0.2, 0) is 17.8 Å². The summed E-state index contributed by atoms with van der Waals surface area (Å²) >= 11 is 0. The van der Waals surface area contributed by atoms with E-state index in [-0.39, 0.29) is 18.0 Å². The third-order valence-corrected chi connectivity index (χ3v) is 8.65. The van der Waals surface area contributed by atoms with Crippen LogP contribution in [0.3, 0.4) is 0 Å². The molecule has 2 aliphatic rings. The number of hydrogen-bond donors (Lipinski definition) is 1. The topological polar surface area (TPSA) is 41.6 Å². The zero-order valence-electron chi connectivity index (χ0n) is 22.8. The molecule has 206 valence electrons. The van der Waals surface area contributed by atoms with Gasteiger partial charge in [-0.25, -0.2) is 9.18 Å². The summed E-state index contributed by atoms with van der Waals surface area (Å²) in [5.74, 6) is 1.58. The first-order valence-corrected chi connectivity index (χ1v) is 14.6. The van der Waals surface area contributed by atoms with E-state index in [4.69, 9.17) is 4.74 Å². The summed E-state index contributed by atoms with van der Waals surface area (Å²) in [5, 5.41) is 3.16. The summed E-state index contributed by atoms with van der Waals surface area (Å²) in [6.45, 7) is 3.68. The Morgan fingerprint density at radius 2 is 1.56 bits per heavy atom. The second-order valence-corrected chi connectivity index (χ2v) is 11.4. The Balaban J connectivity index is 1.09. The first-order valence-electron chi connectivity index (χ1n) is 14.6. The van der Waals surface area contributed by atoms with Gasteiger partial charge in [-0.1, -0.05) is 79.2 Å². The fraction of sp³-hybridized carbons (Fsp3) is 0.441. The van der Waals surface area contributed by atoms with Crippen molar-refractivity contribution in [2.75, 3.05) is 19.6 Å². The number of carbonyl (C=O) groups is 1. The Bertz CT molecular complexity index is 1150. The van der Waals surface area contributed by atoms with E-state index in [0.29, 0.717) is 18.4 Å². The lowest BCUT2D eigenvalue weighted by atomic mass is 9.87. The van der Waals surface area contributed by atoms with Crippen LogP contribution in [0.1, 0.15) is 61.1 Å². The van der Waals surface area contributed by atoms with Crippen molar-refractivity contribution in [2.24, 2.45) is 11.8 Å². The molecule has 3 aromatic rings. The Labute approximate surface area is 232 Å². The summed E-state index contributed by atoms with van der Waals surface area (Å²) in [5.41, 5.74) is 3.60. The molecule has 3 unspecified atom stereocenters. The van der Waals surface area contributed by atoms with Crippen molar-refractivity contribution >= 4 is 6.09 Å². The third kappa shape index (κ3) is 8.15. The van der Waals surface area contributed by atoms with Gasteiger partial charge < -0.3 is 15.0 Å². The monoisotopic (exact) mass is 528 g/mol. The van der Waals surface area contributed by atoms with Gasteiger partial charge in [-0.3, -0.25) is 0 Å². The van der Waals surface area contributed by atoms with Gasteiger partial charge in [-0.15, -0.1) is 0 Å². The molecule has 1 saturated heterocycles. The molecule has 3 aromatic carbocycles. The van der Waals surface area contributed by atoms with E-state index in [9.17, 15) is 9.18 Å². The molecular formula is C34H41FN2O2. The molecule has 39 heavy (non-hydrogen) atoms. The normalized spacial score (nSPS) is 22.0. The molecule has 5 rings (SSSR count). The van der Waals surface area contributed by atoms with E-state index in [1.54, 1.807) is 12.1 Å². The number of rotatable bonds is 10. The number of benzene rings is 3. The molecule has 4 nitrogen and oxygen atoms in total. The van der Waals surface area contributed by atoms with Gasteiger partial charge in [0.2, 0.25) is 0 Å². The molecule has 0 bridgehead atoms. The van der Waals surface area contributed by atoms with E-state index in [0.717, 1.165) is 50.4 Å². The highest BCUT2D eigenvalue weighted by Gasteiger charge is 2.37. The van der Waals surface area contributed by atoms with Gasteiger partial charge >= 0.3 is 6.09 Å². The highest BCUT2D eigenvalue weighted by Crippen LogP contribution is 2.41. The van der Waals surface area contributed by atoms with Crippen LogP contribution in [0.5, 0.6) is 0 Å². The number of hydrogen-bond acceptors (Lipinski definition) is 3. The summed E-state index contributed by atoms with van der Waals surface area (Å²) < 4.78 is 18.7.